The van der Waals surface area contributed by atoms with Crippen molar-refractivity contribution in [3.05, 3.63) is 28.9 Å². The van der Waals surface area contributed by atoms with E-state index in [9.17, 15) is 0 Å². The molecule has 0 unspecified atom stereocenters. The molecule has 3 heteroatoms. The highest BCUT2D eigenvalue weighted by Gasteiger charge is 2.40. The largest absolute Gasteiger partial charge is 0.495 e. The number of aromatic nitrogens is 1. The number of H-pyrrole nitrogens is 1. The number of hydrogen-bond donors (Lipinski definition) is 1. The summed E-state index contributed by atoms with van der Waals surface area (Å²) in [5.41, 5.74) is 2.77. The summed E-state index contributed by atoms with van der Waals surface area (Å²) in [6.07, 6.45) is 2.54. The summed E-state index contributed by atoms with van der Waals surface area (Å²) in [6, 6.07) is 6.13. The molecule has 2 aromatic rings. The molecule has 1 aliphatic carbocycles. The molecule has 1 aliphatic rings. The standard InChI is InChI=1S/C13H14ClNO/c1-13(3-4-13)12-6-8-5-9(14)11(16-2)7-10(8)15-12/h5-7,15H,3-4H2,1-2H3. The lowest BCUT2D eigenvalue weighted by molar-refractivity contribution is 0.415. The molecule has 1 heterocycles. The van der Waals surface area contributed by atoms with Crippen LogP contribution < -0.4 is 4.74 Å². The van der Waals surface area contributed by atoms with Crippen LogP contribution in [0.15, 0.2) is 18.2 Å². The van der Waals surface area contributed by atoms with Gasteiger partial charge in [-0.25, -0.2) is 0 Å². The number of ether oxygens (including phenoxy) is 1. The molecule has 1 N–H and O–H groups in total. The lowest BCUT2D eigenvalue weighted by Crippen LogP contribution is -1.98. The maximum atomic E-state index is 6.10. The Morgan fingerprint density at radius 3 is 2.69 bits per heavy atom. The van der Waals surface area contributed by atoms with E-state index in [1.54, 1.807) is 7.11 Å². The number of fused-ring (bicyclic) bond motifs is 1. The first kappa shape index (κ1) is 10.0. The fourth-order valence-electron chi connectivity index (χ4n) is 2.07. The first-order chi connectivity index (χ1) is 7.62. The van der Waals surface area contributed by atoms with Crippen molar-refractivity contribution >= 4 is 22.5 Å². The molecule has 0 saturated heterocycles. The predicted octanol–water partition coefficient (Wildman–Crippen LogP) is 3.88. The molecular weight excluding hydrogens is 222 g/mol. The van der Waals surface area contributed by atoms with Gasteiger partial charge in [-0.3, -0.25) is 0 Å². The number of aromatic amines is 1. The monoisotopic (exact) mass is 235 g/mol. The van der Waals surface area contributed by atoms with Crippen molar-refractivity contribution in [3.63, 3.8) is 0 Å². The summed E-state index contributed by atoms with van der Waals surface area (Å²) in [5.74, 6) is 0.725. The Bertz CT molecular complexity index is 554. The third-order valence-electron chi connectivity index (χ3n) is 3.54. The van der Waals surface area contributed by atoms with Crippen molar-refractivity contribution < 1.29 is 4.74 Å². The molecule has 1 fully saturated rings. The van der Waals surface area contributed by atoms with Crippen LogP contribution >= 0.6 is 11.6 Å². The third kappa shape index (κ3) is 1.40. The van der Waals surface area contributed by atoms with Crippen LogP contribution in [0, 0.1) is 0 Å². The summed E-state index contributed by atoms with van der Waals surface area (Å²) >= 11 is 6.10. The second-order valence-electron chi connectivity index (χ2n) is 4.82. The van der Waals surface area contributed by atoms with Gasteiger partial charge in [-0.05, 0) is 25.0 Å². The number of benzene rings is 1. The molecule has 0 bridgehead atoms. The number of halogens is 1. The minimum absolute atomic E-state index is 0.360. The van der Waals surface area contributed by atoms with Gasteiger partial charge in [0.25, 0.3) is 0 Å². The fraction of sp³-hybridized carbons (Fsp3) is 0.385. The van der Waals surface area contributed by atoms with Gasteiger partial charge >= 0.3 is 0 Å². The summed E-state index contributed by atoms with van der Waals surface area (Å²) in [7, 11) is 1.64. The van der Waals surface area contributed by atoms with E-state index in [0.717, 1.165) is 16.7 Å². The van der Waals surface area contributed by atoms with Crippen LogP contribution in [0.5, 0.6) is 5.75 Å². The first-order valence-electron chi connectivity index (χ1n) is 5.49. The van der Waals surface area contributed by atoms with E-state index in [1.165, 1.54) is 18.5 Å². The minimum atomic E-state index is 0.360. The minimum Gasteiger partial charge on any atom is -0.495 e. The molecule has 1 aromatic heterocycles. The van der Waals surface area contributed by atoms with Gasteiger partial charge < -0.3 is 9.72 Å². The average Bonchev–Trinajstić information content (AvgIpc) is 2.88. The molecule has 0 aliphatic heterocycles. The van der Waals surface area contributed by atoms with Gasteiger partial charge in [-0.1, -0.05) is 18.5 Å². The van der Waals surface area contributed by atoms with Crippen LogP contribution in [0.4, 0.5) is 0 Å². The number of nitrogens with one attached hydrogen (secondary N) is 1. The van der Waals surface area contributed by atoms with Crippen LogP contribution in [-0.2, 0) is 5.41 Å². The summed E-state index contributed by atoms with van der Waals surface area (Å²) in [6.45, 7) is 2.29. The van der Waals surface area contributed by atoms with Gasteiger partial charge in [0.05, 0.1) is 12.1 Å². The molecule has 0 atom stereocenters. The van der Waals surface area contributed by atoms with Gasteiger partial charge in [0.1, 0.15) is 5.75 Å². The molecule has 0 radical (unpaired) electrons. The Balaban J connectivity index is 2.17. The van der Waals surface area contributed by atoms with Crippen molar-refractivity contribution in [2.24, 2.45) is 0 Å². The van der Waals surface area contributed by atoms with E-state index in [-0.39, 0.29) is 0 Å². The van der Waals surface area contributed by atoms with E-state index in [1.807, 2.05) is 12.1 Å². The van der Waals surface area contributed by atoms with Crippen molar-refractivity contribution in [2.75, 3.05) is 7.11 Å². The third-order valence-corrected chi connectivity index (χ3v) is 3.84. The molecular formula is C13H14ClNO. The van der Waals surface area contributed by atoms with E-state index < -0.39 is 0 Å². The SMILES string of the molecule is COc1cc2[nH]c(C3(C)CC3)cc2cc1Cl. The molecule has 2 nitrogen and oxygen atoms in total. The topological polar surface area (TPSA) is 25.0 Å². The molecule has 3 rings (SSSR count). The van der Waals surface area contributed by atoms with Crippen molar-refractivity contribution in [1.29, 1.82) is 0 Å². The quantitative estimate of drug-likeness (QED) is 0.840. The van der Waals surface area contributed by atoms with Crippen LogP contribution in [0.25, 0.3) is 10.9 Å². The van der Waals surface area contributed by atoms with Gasteiger partial charge in [0.2, 0.25) is 0 Å². The second-order valence-corrected chi connectivity index (χ2v) is 5.22. The van der Waals surface area contributed by atoms with Gasteiger partial charge in [-0.2, -0.15) is 0 Å². The average molecular weight is 236 g/mol. The maximum Gasteiger partial charge on any atom is 0.139 e. The zero-order valence-corrected chi connectivity index (χ0v) is 10.2. The number of hydrogen-bond acceptors (Lipinski definition) is 1. The normalized spacial score (nSPS) is 17.7. The Labute approximate surface area is 99.6 Å². The van der Waals surface area contributed by atoms with Crippen molar-refractivity contribution in [3.8, 4) is 5.75 Å². The first-order valence-corrected chi connectivity index (χ1v) is 5.87. The van der Waals surface area contributed by atoms with Crippen LogP contribution in [0.1, 0.15) is 25.5 Å². The summed E-state index contributed by atoms with van der Waals surface area (Å²) in [4.78, 5) is 3.46. The lowest BCUT2D eigenvalue weighted by atomic mass is 10.1. The Morgan fingerprint density at radius 1 is 1.31 bits per heavy atom. The second kappa shape index (κ2) is 3.17. The summed E-state index contributed by atoms with van der Waals surface area (Å²) < 4.78 is 5.21. The molecule has 0 spiro atoms. The molecule has 84 valence electrons. The maximum absolute atomic E-state index is 6.10. The Morgan fingerprint density at radius 2 is 2.06 bits per heavy atom. The Kier molecular flexibility index (Phi) is 1.99. The zero-order valence-electron chi connectivity index (χ0n) is 9.43. The molecule has 0 amide bonds. The highest BCUT2D eigenvalue weighted by molar-refractivity contribution is 6.32. The van der Waals surface area contributed by atoms with Crippen LogP contribution in [0.2, 0.25) is 5.02 Å². The van der Waals surface area contributed by atoms with Gasteiger partial charge in [-0.15, -0.1) is 0 Å². The van der Waals surface area contributed by atoms with E-state index in [4.69, 9.17) is 16.3 Å². The van der Waals surface area contributed by atoms with Crippen LogP contribution in [-0.4, -0.2) is 12.1 Å². The number of methoxy groups -OCH3 is 1. The number of rotatable bonds is 2. The molecule has 1 saturated carbocycles. The highest BCUT2D eigenvalue weighted by Crippen LogP contribution is 2.48. The zero-order chi connectivity index (χ0) is 11.3. The summed E-state index contributed by atoms with van der Waals surface area (Å²) in [5, 5.41) is 1.83. The lowest BCUT2D eigenvalue weighted by Gasteiger charge is -2.03. The van der Waals surface area contributed by atoms with Crippen molar-refractivity contribution in [1.82, 2.24) is 4.98 Å². The predicted molar refractivity (Wildman–Crippen MR) is 66.4 cm³/mol. The van der Waals surface area contributed by atoms with E-state index >= 15 is 0 Å². The van der Waals surface area contributed by atoms with Gasteiger partial charge in [0.15, 0.2) is 0 Å². The van der Waals surface area contributed by atoms with Crippen LogP contribution in [0.3, 0.4) is 0 Å². The van der Waals surface area contributed by atoms with Crippen molar-refractivity contribution in [2.45, 2.75) is 25.2 Å². The fourth-order valence-corrected chi connectivity index (χ4v) is 2.32. The Hall–Kier alpha value is -1.15. The van der Waals surface area contributed by atoms with E-state index in [2.05, 4.69) is 18.0 Å². The smallest absolute Gasteiger partial charge is 0.139 e. The molecule has 1 aromatic carbocycles. The van der Waals surface area contributed by atoms with Gasteiger partial charge in [0, 0.05) is 28.1 Å². The molecule has 16 heavy (non-hydrogen) atoms. The highest BCUT2D eigenvalue weighted by atomic mass is 35.5. The van der Waals surface area contributed by atoms with E-state index in [0.29, 0.717) is 10.4 Å².